The smallest absolute Gasteiger partial charge is 0.224 e. The van der Waals surface area contributed by atoms with Crippen molar-refractivity contribution in [1.82, 2.24) is 4.90 Å². The minimum Gasteiger partial charge on any atom is -0.399 e. The minimum atomic E-state index is 0.00387. The number of hydrogen-bond donors (Lipinski definition) is 2. The van der Waals surface area contributed by atoms with Gasteiger partial charge in [0.2, 0.25) is 5.91 Å². The summed E-state index contributed by atoms with van der Waals surface area (Å²) < 4.78 is 5.37. The van der Waals surface area contributed by atoms with E-state index in [4.69, 9.17) is 10.5 Å². The number of carbonyl (C=O) groups excluding carboxylic acids is 1. The number of morpholine rings is 1. The molecule has 0 radical (unpaired) electrons. The Bertz CT molecular complexity index is 694. The van der Waals surface area contributed by atoms with Crippen molar-refractivity contribution in [2.24, 2.45) is 0 Å². The Morgan fingerprint density at radius 2 is 1.80 bits per heavy atom. The largest absolute Gasteiger partial charge is 0.399 e. The van der Waals surface area contributed by atoms with Gasteiger partial charge in [-0.05, 0) is 35.7 Å². The summed E-state index contributed by atoms with van der Waals surface area (Å²) in [5.74, 6) is 0.00387. The standard InChI is InChI=1S/C20H25N3O2/c21-19-4-2-1-3-17(19)7-10-20(24)22-18-8-5-16(6-9-18)15-23-11-13-25-14-12-23/h1-6,8-9H,7,10-15,21H2,(H,22,24). The number of carbonyl (C=O) groups is 1. The second-order valence-corrected chi connectivity index (χ2v) is 6.33. The second-order valence-electron chi connectivity index (χ2n) is 6.33. The summed E-state index contributed by atoms with van der Waals surface area (Å²) in [6.07, 6.45) is 1.07. The normalized spacial score (nSPS) is 15.0. The highest BCUT2D eigenvalue weighted by Crippen LogP contribution is 2.15. The summed E-state index contributed by atoms with van der Waals surface area (Å²) in [4.78, 5) is 14.5. The molecule has 1 heterocycles. The van der Waals surface area contributed by atoms with Crippen molar-refractivity contribution in [2.45, 2.75) is 19.4 Å². The number of nitrogens with one attached hydrogen (secondary N) is 1. The highest BCUT2D eigenvalue weighted by molar-refractivity contribution is 5.90. The number of benzene rings is 2. The van der Waals surface area contributed by atoms with Gasteiger partial charge in [0.25, 0.3) is 0 Å². The molecule has 1 aliphatic heterocycles. The third kappa shape index (κ3) is 5.31. The molecule has 5 nitrogen and oxygen atoms in total. The van der Waals surface area contributed by atoms with Crippen LogP contribution in [0.1, 0.15) is 17.5 Å². The fourth-order valence-electron chi connectivity index (χ4n) is 2.94. The monoisotopic (exact) mass is 339 g/mol. The summed E-state index contributed by atoms with van der Waals surface area (Å²) in [5.41, 5.74) is 9.74. The van der Waals surface area contributed by atoms with Crippen LogP contribution in [-0.2, 0) is 22.5 Å². The molecule has 1 amide bonds. The Morgan fingerprint density at radius 1 is 1.08 bits per heavy atom. The maximum Gasteiger partial charge on any atom is 0.224 e. The Kier molecular flexibility index (Phi) is 6.04. The molecule has 132 valence electrons. The van der Waals surface area contributed by atoms with Gasteiger partial charge in [-0.2, -0.15) is 0 Å². The molecule has 1 fully saturated rings. The number of para-hydroxylation sites is 1. The Morgan fingerprint density at radius 3 is 2.52 bits per heavy atom. The van der Waals surface area contributed by atoms with E-state index in [9.17, 15) is 4.79 Å². The van der Waals surface area contributed by atoms with Gasteiger partial charge >= 0.3 is 0 Å². The number of nitrogen functional groups attached to an aromatic ring is 1. The summed E-state index contributed by atoms with van der Waals surface area (Å²) in [6, 6.07) is 15.7. The predicted octanol–water partition coefficient (Wildman–Crippen LogP) is 2.67. The van der Waals surface area contributed by atoms with Crippen LogP contribution in [0.25, 0.3) is 0 Å². The van der Waals surface area contributed by atoms with Gasteiger partial charge in [-0.3, -0.25) is 9.69 Å². The minimum absolute atomic E-state index is 0.00387. The molecule has 1 aliphatic rings. The molecule has 1 saturated heterocycles. The predicted molar refractivity (Wildman–Crippen MR) is 100 cm³/mol. The van der Waals surface area contributed by atoms with Gasteiger partial charge < -0.3 is 15.8 Å². The number of ether oxygens (including phenoxy) is 1. The van der Waals surface area contributed by atoms with E-state index >= 15 is 0 Å². The maximum atomic E-state index is 12.1. The second kappa shape index (κ2) is 8.65. The SMILES string of the molecule is Nc1ccccc1CCC(=O)Nc1ccc(CN2CCOCC2)cc1. The molecule has 0 unspecified atom stereocenters. The van der Waals surface area contributed by atoms with Crippen molar-refractivity contribution < 1.29 is 9.53 Å². The Balaban J connectivity index is 1.47. The first-order valence-electron chi connectivity index (χ1n) is 8.73. The van der Waals surface area contributed by atoms with Crippen LogP contribution < -0.4 is 11.1 Å². The van der Waals surface area contributed by atoms with Crippen LogP contribution in [0.4, 0.5) is 11.4 Å². The number of aryl methyl sites for hydroxylation is 1. The molecule has 5 heteroatoms. The molecule has 25 heavy (non-hydrogen) atoms. The zero-order valence-electron chi connectivity index (χ0n) is 14.4. The van der Waals surface area contributed by atoms with Crippen LogP contribution in [0.2, 0.25) is 0 Å². The molecule has 3 N–H and O–H groups in total. The van der Waals surface area contributed by atoms with Gasteiger partial charge in [0.15, 0.2) is 0 Å². The first kappa shape index (κ1) is 17.5. The number of rotatable bonds is 6. The van der Waals surface area contributed by atoms with E-state index in [2.05, 4.69) is 22.3 Å². The number of nitrogens with two attached hydrogens (primary N) is 1. The molecule has 3 rings (SSSR count). The average molecular weight is 339 g/mol. The highest BCUT2D eigenvalue weighted by Gasteiger charge is 2.11. The van der Waals surface area contributed by atoms with E-state index < -0.39 is 0 Å². The quantitative estimate of drug-likeness (QED) is 0.794. The number of nitrogens with zero attached hydrogens (tertiary/aromatic N) is 1. The summed E-state index contributed by atoms with van der Waals surface area (Å²) >= 11 is 0. The maximum absolute atomic E-state index is 12.1. The number of hydrogen-bond acceptors (Lipinski definition) is 4. The molecule has 2 aromatic rings. The molecule has 0 aromatic heterocycles. The highest BCUT2D eigenvalue weighted by atomic mass is 16.5. The van der Waals surface area contributed by atoms with E-state index in [0.717, 1.165) is 49.8 Å². The Hall–Kier alpha value is -2.37. The van der Waals surface area contributed by atoms with E-state index in [1.54, 1.807) is 0 Å². The molecule has 0 bridgehead atoms. The molecule has 0 saturated carbocycles. The number of amides is 1. The van der Waals surface area contributed by atoms with Gasteiger partial charge in [-0.25, -0.2) is 0 Å². The lowest BCUT2D eigenvalue weighted by molar-refractivity contribution is -0.116. The van der Waals surface area contributed by atoms with Crippen molar-refractivity contribution in [1.29, 1.82) is 0 Å². The molecule has 2 aromatic carbocycles. The van der Waals surface area contributed by atoms with Crippen molar-refractivity contribution in [2.75, 3.05) is 37.4 Å². The van der Waals surface area contributed by atoms with E-state index in [-0.39, 0.29) is 5.91 Å². The fraction of sp³-hybridized carbons (Fsp3) is 0.350. The first-order chi connectivity index (χ1) is 12.2. The zero-order valence-corrected chi connectivity index (χ0v) is 14.4. The Labute approximate surface area is 148 Å². The van der Waals surface area contributed by atoms with Gasteiger partial charge in [0.1, 0.15) is 0 Å². The van der Waals surface area contributed by atoms with Gasteiger partial charge in [0, 0.05) is 37.4 Å². The van der Waals surface area contributed by atoms with Crippen LogP contribution in [-0.4, -0.2) is 37.1 Å². The van der Waals surface area contributed by atoms with Crippen molar-refractivity contribution in [3.8, 4) is 0 Å². The first-order valence-corrected chi connectivity index (χ1v) is 8.73. The third-order valence-electron chi connectivity index (χ3n) is 4.42. The summed E-state index contributed by atoms with van der Waals surface area (Å²) in [6.45, 7) is 4.48. The van der Waals surface area contributed by atoms with E-state index in [1.807, 2.05) is 36.4 Å². The molecule has 0 spiro atoms. The topological polar surface area (TPSA) is 67.6 Å². The molecular weight excluding hydrogens is 314 g/mol. The zero-order chi connectivity index (χ0) is 17.5. The van der Waals surface area contributed by atoms with Crippen LogP contribution in [0.15, 0.2) is 48.5 Å². The average Bonchev–Trinajstić information content (AvgIpc) is 2.64. The molecule has 0 atom stereocenters. The van der Waals surface area contributed by atoms with Gasteiger partial charge in [0.05, 0.1) is 13.2 Å². The van der Waals surface area contributed by atoms with Crippen LogP contribution in [0.5, 0.6) is 0 Å². The van der Waals surface area contributed by atoms with Gasteiger partial charge in [-0.15, -0.1) is 0 Å². The lowest BCUT2D eigenvalue weighted by Gasteiger charge is -2.26. The number of anilines is 2. The van der Waals surface area contributed by atoms with Crippen molar-refractivity contribution >= 4 is 17.3 Å². The summed E-state index contributed by atoms with van der Waals surface area (Å²) in [5, 5.41) is 2.95. The lowest BCUT2D eigenvalue weighted by atomic mass is 10.1. The van der Waals surface area contributed by atoms with E-state index in [0.29, 0.717) is 12.8 Å². The van der Waals surface area contributed by atoms with Crippen LogP contribution in [0.3, 0.4) is 0 Å². The van der Waals surface area contributed by atoms with Crippen LogP contribution in [0, 0.1) is 0 Å². The molecule has 0 aliphatic carbocycles. The lowest BCUT2D eigenvalue weighted by Crippen LogP contribution is -2.35. The van der Waals surface area contributed by atoms with Crippen molar-refractivity contribution in [3.63, 3.8) is 0 Å². The van der Waals surface area contributed by atoms with Gasteiger partial charge in [-0.1, -0.05) is 30.3 Å². The fourth-order valence-corrected chi connectivity index (χ4v) is 2.94. The van der Waals surface area contributed by atoms with Crippen molar-refractivity contribution in [3.05, 3.63) is 59.7 Å². The third-order valence-corrected chi connectivity index (χ3v) is 4.42. The molecular formula is C20H25N3O2. The summed E-state index contributed by atoms with van der Waals surface area (Å²) in [7, 11) is 0. The van der Waals surface area contributed by atoms with Crippen LogP contribution >= 0.6 is 0 Å². The van der Waals surface area contributed by atoms with E-state index in [1.165, 1.54) is 5.56 Å².